The Kier molecular flexibility index (Phi) is 9.77. The van der Waals surface area contributed by atoms with E-state index in [1.54, 1.807) is 18.2 Å². The fourth-order valence-corrected chi connectivity index (χ4v) is 7.81. The van der Waals surface area contributed by atoms with Crippen molar-refractivity contribution < 1.29 is 41.3 Å². The van der Waals surface area contributed by atoms with Crippen molar-refractivity contribution >= 4 is 25.7 Å². The number of nitrogens with one attached hydrogen (secondary N) is 2. The first-order valence-corrected chi connectivity index (χ1v) is 17.2. The molecule has 1 aromatic carbocycles. The van der Waals surface area contributed by atoms with Crippen molar-refractivity contribution in [2.75, 3.05) is 71.1 Å². The number of benzene rings is 1. The van der Waals surface area contributed by atoms with Gasteiger partial charge in [0.2, 0.25) is 25.9 Å². The van der Waals surface area contributed by atoms with Crippen molar-refractivity contribution in [3.63, 3.8) is 0 Å². The predicted molar refractivity (Wildman–Crippen MR) is 156 cm³/mol. The highest BCUT2D eigenvalue weighted by Crippen LogP contribution is 2.38. The molecule has 0 radical (unpaired) electrons. The number of nitrogens with zero attached hydrogens (tertiary/aromatic N) is 3. The molecule has 0 aliphatic carbocycles. The first kappa shape index (κ1) is 31.8. The average Bonchev–Trinajstić information content (AvgIpc) is 3.41. The SMILES string of the molecule is CNS(=O)(=O)c1cccc(OCC(O)CNC2COC3(CCN(S(=O)(=O)c4cnc5c(c4)N(CCO)CCO5)CC3)C2)c1. The van der Waals surface area contributed by atoms with Crippen molar-refractivity contribution in [1.82, 2.24) is 19.3 Å². The lowest BCUT2D eigenvalue weighted by Crippen LogP contribution is -2.47. The number of aliphatic hydroxyl groups excluding tert-OH is 2. The summed E-state index contributed by atoms with van der Waals surface area (Å²) in [4.78, 5) is 6.27. The molecule has 2 saturated heterocycles. The fourth-order valence-electron chi connectivity index (χ4n) is 5.64. The first-order valence-electron chi connectivity index (χ1n) is 14.3. The molecule has 3 aliphatic heterocycles. The molecule has 4 heterocycles. The standard InChI is InChI=1S/C27H39N5O9S2/c1-28-42(35,36)23-4-2-3-22(13-23)40-19-21(34)16-29-20-15-27(41-18-20)5-7-32(8-6-27)43(37,38)24-14-25-26(30-17-24)39-12-10-31(25)9-11-33/h2-4,13-14,17,20-21,28-29,33-34H,5-12,15-16,18-19H2,1H3. The molecule has 16 heteroatoms. The number of piperidine rings is 1. The lowest BCUT2D eigenvalue weighted by Gasteiger charge is -2.38. The summed E-state index contributed by atoms with van der Waals surface area (Å²) in [5.41, 5.74) is 0.121. The largest absolute Gasteiger partial charge is 0.491 e. The third-order valence-corrected chi connectivity index (χ3v) is 11.3. The Labute approximate surface area is 252 Å². The molecule has 0 amide bonds. The maximum atomic E-state index is 13.5. The molecule has 43 heavy (non-hydrogen) atoms. The van der Waals surface area contributed by atoms with E-state index < -0.39 is 31.8 Å². The van der Waals surface area contributed by atoms with Crippen molar-refractivity contribution in [1.29, 1.82) is 0 Å². The van der Waals surface area contributed by atoms with Crippen LogP contribution in [0.3, 0.4) is 0 Å². The van der Waals surface area contributed by atoms with Gasteiger partial charge in [-0.1, -0.05) is 6.07 Å². The Morgan fingerprint density at radius 2 is 1.95 bits per heavy atom. The van der Waals surface area contributed by atoms with Gasteiger partial charge in [0, 0.05) is 38.3 Å². The molecule has 1 spiro atoms. The monoisotopic (exact) mass is 641 g/mol. The van der Waals surface area contributed by atoms with Crippen molar-refractivity contribution in [3.8, 4) is 11.6 Å². The molecule has 2 atom stereocenters. The Morgan fingerprint density at radius 1 is 1.16 bits per heavy atom. The third kappa shape index (κ3) is 7.23. The number of sulfonamides is 2. The van der Waals surface area contributed by atoms with Crippen LogP contribution in [0.1, 0.15) is 19.3 Å². The Bertz CT molecular complexity index is 1480. The smallest absolute Gasteiger partial charge is 0.244 e. The average molecular weight is 642 g/mol. The van der Waals surface area contributed by atoms with Crippen LogP contribution >= 0.6 is 0 Å². The molecule has 1 aromatic heterocycles. The van der Waals surface area contributed by atoms with Gasteiger partial charge in [-0.3, -0.25) is 0 Å². The van der Waals surface area contributed by atoms with E-state index in [0.717, 1.165) is 0 Å². The van der Waals surface area contributed by atoms with Gasteiger partial charge in [-0.25, -0.2) is 26.5 Å². The predicted octanol–water partition coefficient (Wildman–Crippen LogP) is -0.477. The minimum atomic E-state index is -3.79. The fraction of sp³-hybridized carbons (Fsp3) is 0.593. The van der Waals surface area contributed by atoms with Crippen LogP contribution < -0.4 is 24.4 Å². The molecule has 2 fully saturated rings. The van der Waals surface area contributed by atoms with E-state index in [2.05, 4.69) is 15.0 Å². The molecule has 5 rings (SSSR count). The van der Waals surface area contributed by atoms with Crippen LogP contribution in [0.4, 0.5) is 5.69 Å². The Balaban J connectivity index is 1.10. The molecule has 238 valence electrons. The summed E-state index contributed by atoms with van der Waals surface area (Å²) in [5.74, 6) is 0.697. The molecular formula is C27H39N5O9S2. The number of fused-ring (bicyclic) bond motifs is 1. The van der Waals surface area contributed by atoms with E-state index in [0.29, 0.717) is 76.0 Å². The lowest BCUT2D eigenvalue weighted by molar-refractivity contribution is -0.0312. The summed E-state index contributed by atoms with van der Waals surface area (Å²) in [7, 11) is -6.05. The molecular weight excluding hydrogens is 602 g/mol. The van der Waals surface area contributed by atoms with E-state index in [1.807, 2.05) is 4.90 Å². The van der Waals surface area contributed by atoms with Crippen molar-refractivity contribution in [3.05, 3.63) is 36.5 Å². The third-order valence-electron chi connectivity index (χ3n) is 8.07. The zero-order valence-electron chi connectivity index (χ0n) is 24.0. The van der Waals surface area contributed by atoms with Gasteiger partial charge in [0.1, 0.15) is 35.7 Å². The normalized spacial score (nSPS) is 21.4. The zero-order chi connectivity index (χ0) is 30.7. The minimum Gasteiger partial charge on any atom is -0.491 e. The number of pyridine rings is 1. The van der Waals surface area contributed by atoms with Crippen LogP contribution in [0.25, 0.3) is 0 Å². The van der Waals surface area contributed by atoms with Gasteiger partial charge in [-0.2, -0.15) is 4.31 Å². The van der Waals surface area contributed by atoms with Gasteiger partial charge in [0.25, 0.3) is 0 Å². The first-order chi connectivity index (χ1) is 20.5. The molecule has 2 unspecified atom stereocenters. The topological polar surface area (TPSA) is 180 Å². The number of aromatic nitrogens is 1. The second kappa shape index (κ2) is 13.2. The summed E-state index contributed by atoms with van der Waals surface area (Å²) in [5, 5.41) is 23.1. The number of rotatable bonds is 12. The molecule has 0 saturated carbocycles. The van der Waals surface area contributed by atoms with Crippen molar-refractivity contribution in [2.45, 2.75) is 46.8 Å². The maximum Gasteiger partial charge on any atom is 0.244 e. The quantitative estimate of drug-likeness (QED) is 0.234. The highest BCUT2D eigenvalue weighted by Gasteiger charge is 2.45. The summed E-state index contributed by atoms with van der Waals surface area (Å²) >= 11 is 0. The number of aliphatic hydroxyl groups is 2. The highest BCUT2D eigenvalue weighted by molar-refractivity contribution is 7.89. The van der Waals surface area contributed by atoms with Crippen LogP contribution in [0.15, 0.2) is 46.3 Å². The van der Waals surface area contributed by atoms with Crippen molar-refractivity contribution in [2.24, 2.45) is 0 Å². The van der Waals surface area contributed by atoms with Crippen LogP contribution in [0.5, 0.6) is 11.6 Å². The molecule has 3 aliphatic rings. The summed E-state index contributed by atoms with van der Waals surface area (Å²) < 4.78 is 72.0. The van der Waals surface area contributed by atoms with Gasteiger partial charge in [-0.05, 0) is 44.5 Å². The second-order valence-electron chi connectivity index (χ2n) is 10.9. The minimum absolute atomic E-state index is 0.00994. The van der Waals surface area contributed by atoms with Crippen LogP contribution in [0, 0.1) is 0 Å². The van der Waals surface area contributed by atoms with Crippen LogP contribution in [-0.2, 0) is 24.8 Å². The second-order valence-corrected chi connectivity index (χ2v) is 14.7. The van der Waals surface area contributed by atoms with E-state index in [4.69, 9.17) is 14.2 Å². The van der Waals surface area contributed by atoms with Crippen LogP contribution in [0.2, 0.25) is 0 Å². The molecule has 14 nitrogen and oxygen atoms in total. The van der Waals surface area contributed by atoms with E-state index in [1.165, 1.54) is 29.7 Å². The summed E-state index contributed by atoms with van der Waals surface area (Å²) in [6.45, 7) is 2.55. The molecule has 4 N–H and O–H groups in total. The van der Waals surface area contributed by atoms with E-state index in [9.17, 15) is 27.0 Å². The number of hydrogen-bond donors (Lipinski definition) is 4. The number of anilines is 1. The molecule has 0 bridgehead atoms. The van der Waals surface area contributed by atoms with E-state index >= 15 is 0 Å². The summed E-state index contributed by atoms with van der Waals surface area (Å²) in [6.07, 6.45) is 2.26. The van der Waals surface area contributed by atoms with E-state index in [-0.39, 0.29) is 35.6 Å². The van der Waals surface area contributed by atoms with Gasteiger partial charge in [-0.15, -0.1) is 0 Å². The Hall–Kier alpha value is -2.57. The Morgan fingerprint density at radius 3 is 2.70 bits per heavy atom. The molecule has 2 aromatic rings. The number of ether oxygens (including phenoxy) is 3. The van der Waals surface area contributed by atoms with Gasteiger partial charge < -0.3 is 34.6 Å². The highest BCUT2D eigenvalue weighted by atomic mass is 32.2. The lowest BCUT2D eigenvalue weighted by atomic mass is 9.88. The zero-order valence-corrected chi connectivity index (χ0v) is 25.6. The van der Waals surface area contributed by atoms with Gasteiger partial charge in [0.15, 0.2) is 0 Å². The number of hydrogen-bond acceptors (Lipinski definition) is 12. The van der Waals surface area contributed by atoms with Crippen LogP contribution in [-0.4, -0.2) is 120 Å². The van der Waals surface area contributed by atoms with Gasteiger partial charge >= 0.3 is 0 Å². The van der Waals surface area contributed by atoms with Gasteiger partial charge in [0.05, 0.1) is 36.5 Å². The maximum absolute atomic E-state index is 13.5. The number of β-amino-alcohol motifs (C(OH)–C–C–N with tert-alkyl or cyclic N) is 1. The summed E-state index contributed by atoms with van der Waals surface area (Å²) in [6, 6.07) is 7.61.